The van der Waals surface area contributed by atoms with Crippen LogP contribution in [0.4, 0.5) is 5.69 Å². The summed E-state index contributed by atoms with van der Waals surface area (Å²) in [6.45, 7) is 0. The molecule has 0 saturated heterocycles. The lowest BCUT2D eigenvalue weighted by molar-refractivity contribution is 0.315. The number of nitrogens with zero attached hydrogens (tertiary/aromatic N) is 2. The van der Waals surface area contributed by atoms with Crippen molar-refractivity contribution in [3.63, 3.8) is 0 Å². The van der Waals surface area contributed by atoms with Gasteiger partial charge >= 0.3 is 0 Å². The van der Waals surface area contributed by atoms with Gasteiger partial charge in [0.1, 0.15) is 16.4 Å². The van der Waals surface area contributed by atoms with Gasteiger partial charge in [0, 0.05) is 6.07 Å². The summed E-state index contributed by atoms with van der Waals surface area (Å²) in [5.41, 5.74) is 0.422. The van der Waals surface area contributed by atoms with Crippen LogP contribution >= 0.6 is 11.6 Å². The number of aromatic nitrogens is 2. The van der Waals surface area contributed by atoms with Crippen molar-refractivity contribution in [2.24, 2.45) is 0 Å². The minimum Gasteiger partial charge on any atom is -0.497 e. The van der Waals surface area contributed by atoms with Crippen LogP contribution in [0.3, 0.4) is 0 Å². The molecule has 24 heavy (non-hydrogen) atoms. The van der Waals surface area contributed by atoms with E-state index in [1.165, 1.54) is 32.4 Å². The van der Waals surface area contributed by atoms with Crippen molar-refractivity contribution in [2.45, 2.75) is 4.90 Å². The van der Waals surface area contributed by atoms with Crippen LogP contribution in [0.15, 0.2) is 39.9 Å². The van der Waals surface area contributed by atoms with Crippen LogP contribution in [-0.4, -0.2) is 33.0 Å². The van der Waals surface area contributed by atoms with E-state index in [2.05, 4.69) is 19.7 Å². The van der Waals surface area contributed by atoms with Crippen LogP contribution in [0, 0.1) is 0 Å². The Kier molecular flexibility index (Phi) is 4.20. The smallest absolute Gasteiger partial charge is 0.264 e. The lowest BCUT2D eigenvalue weighted by Crippen LogP contribution is -2.14. The van der Waals surface area contributed by atoms with E-state index in [-0.39, 0.29) is 26.6 Å². The highest BCUT2D eigenvalue weighted by molar-refractivity contribution is 7.93. The minimum atomic E-state index is -3.99. The van der Waals surface area contributed by atoms with Gasteiger partial charge in [-0.25, -0.2) is 13.0 Å². The van der Waals surface area contributed by atoms with Gasteiger partial charge in [0.25, 0.3) is 10.0 Å². The highest BCUT2D eigenvalue weighted by Crippen LogP contribution is 2.33. The number of anilines is 1. The highest BCUT2D eigenvalue weighted by atomic mass is 35.5. The van der Waals surface area contributed by atoms with Gasteiger partial charge in [-0.15, -0.1) is 0 Å². The molecule has 8 nitrogen and oxygen atoms in total. The number of nitrogens with one attached hydrogen (secondary N) is 1. The van der Waals surface area contributed by atoms with E-state index >= 15 is 0 Å². The third kappa shape index (κ3) is 2.83. The monoisotopic (exact) mass is 369 g/mol. The maximum atomic E-state index is 12.7. The summed E-state index contributed by atoms with van der Waals surface area (Å²) in [6, 6.07) is 7.48. The lowest BCUT2D eigenvalue weighted by Gasteiger charge is -2.13. The number of ether oxygens (including phenoxy) is 2. The van der Waals surface area contributed by atoms with E-state index in [1.54, 1.807) is 12.1 Å². The molecule has 3 rings (SSSR count). The van der Waals surface area contributed by atoms with Crippen LogP contribution in [0.1, 0.15) is 0 Å². The van der Waals surface area contributed by atoms with Crippen molar-refractivity contribution in [3.8, 4) is 11.5 Å². The molecule has 0 bridgehead atoms. The molecular formula is C14H12ClN3O5S. The fourth-order valence-electron chi connectivity index (χ4n) is 2.12. The van der Waals surface area contributed by atoms with E-state index < -0.39 is 10.0 Å². The Balaban J connectivity index is 2.09. The molecule has 0 amide bonds. The van der Waals surface area contributed by atoms with Crippen LogP contribution < -0.4 is 14.2 Å². The largest absolute Gasteiger partial charge is 0.497 e. The lowest BCUT2D eigenvalue weighted by atomic mass is 10.3. The molecule has 0 radical (unpaired) electrons. The first-order valence-electron chi connectivity index (χ1n) is 6.62. The Labute approximate surface area is 142 Å². The molecule has 2 aromatic carbocycles. The van der Waals surface area contributed by atoms with Gasteiger partial charge in [-0.1, -0.05) is 11.6 Å². The molecule has 0 atom stereocenters. The van der Waals surface area contributed by atoms with Crippen LogP contribution in [0.5, 0.6) is 11.5 Å². The SMILES string of the molecule is COc1ccc(OC)c(NS(=O)(=O)c2ccc(Cl)c3nonc23)c1. The fraction of sp³-hybridized carbons (Fsp3) is 0.143. The third-order valence-electron chi connectivity index (χ3n) is 3.27. The zero-order valence-electron chi connectivity index (χ0n) is 12.6. The van der Waals surface area contributed by atoms with Gasteiger partial charge in [-0.3, -0.25) is 4.72 Å². The zero-order chi connectivity index (χ0) is 17.3. The van der Waals surface area contributed by atoms with Crippen molar-refractivity contribution < 1.29 is 22.5 Å². The van der Waals surface area contributed by atoms with Gasteiger partial charge in [0.15, 0.2) is 11.0 Å². The number of sulfonamides is 1. The van der Waals surface area contributed by atoms with E-state index in [9.17, 15) is 8.42 Å². The second kappa shape index (κ2) is 6.17. The van der Waals surface area contributed by atoms with Crippen molar-refractivity contribution in [1.29, 1.82) is 0 Å². The van der Waals surface area contributed by atoms with Crippen molar-refractivity contribution in [1.82, 2.24) is 10.3 Å². The number of benzene rings is 2. The van der Waals surface area contributed by atoms with Crippen LogP contribution in [0.2, 0.25) is 5.02 Å². The second-order valence-electron chi connectivity index (χ2n) is 4.68. The molecule has 126 valence electrons. The number of methoxy groups -OCH3 is 2. The van der Waals surface area contributed by atoms with E-state index in [4.69, 9.17) is 21.1 Å². The number of fused-ring (bicyclic) bond motifs is 1. The Hall–Kier alpha value is -2.52. The molecule has 1 heterocycles. The zero-order valence-corrected chi connectivity index (χ0v) is 14.2. The first-order chi connectivity index (χ1) is 11.5. The van der Waals surface area contributed by atoms with Gasteiger partial charge in [-0.2, -0.15) is 0 Å². The van der Waals surface area contributed by atoms with E-state index in [1.807, 2.05) is 0 Å². The molecule has 0 fully saturated rings. The molecule has 0 aliphatic heterocycles. The second-order valence-corrected chi connectivity index (χ2v) is 6.74. The number of rotatable bonds is 5. The van der Waals surface area contributed by atoms with Crippen LogP contribution in [-0.2, 0) is 10.0 Å². The predicted octanol–water partition coefficient (Wildman–Crippen LogP) is 2.69. The summed E-state index contributed by atoms with van der Waals surface area (Å²) < 4.78 is 42.8. The van der Waals surface area contributed by atoms with Crippen LogP contribution in [0.25, 0.3) is 11.0 Å². The Bertz CT molecular complexity index is 1000. The summed E-state index contributed by atoms with van der Waals surface area (Å²) in [4.78, 5) is -0.118. The molecular weight excluding hydrogens is 358 g/mol. The molecule has 1 N–H and O–H groups in total. The van der Waals surface area contributed by atoms with E-state index in [0.29, 0.717) is 11.5 Å². The molecule has 0 saturated carbocycles. The van der Waals surface area contributed by atoms with Gasteiger partial charge in [0.05, 0.1) is 24.9 Å². The number of halogens is 1. The van der Waals surface area contributed by atoms with Crippen molar-refractivity contribution >= 4 is 38.3 Å². The summed E-state index contributed by atoms with van der Waals surface area (Å²) in [5.74, 6) is 0.806. The van der Waals surface area contributed by atoms with Gasteiger partial charge in [-0.05, 0) is 34.6 Å². The summed E-state index contributed by atoms with van der Waals surface area (Å²) >= 11 is 5.95. The first-order valence-corrected chi connectivity index (χ1v) is 8.48. The molecule has 0 aliphatic rings. The quantitative estimate of drug-likeness (QED) is 0.737. The molecule has 1 aromatic heterocycles. The first kappa shape index (κ1) is 16.3. The highest BCUT2D eigenvalue weighted by Gasteiger charge is 2.23. The average Bonchev–Trinajstić information content (AvgIpc) is 3.04. The Morgan fingerprint density at radius 3 is 2.54 bits per heavy atom. The number of hydrogen-bond donors (Lipinski definition) is 1. The standard InChI is InChI=1S/C14H12ClN3O5S/c1-21-8-3-5-11(22-2)10(7-8)18-24(19,20)12-6-4-9(15)13-14(12)17-23-16-13/h3-7,18H,1-2H3. The molecule has 0 aliphatic carbocycles. The maximum absolute atomic E-state index is 12.7. The van der Waals surface area contributed by atoms with E-state index in [0.717, 1.165) is 0 Å². The Morgan fingerprint density at radius 2 is 1.83 bits per heavy atom. The maximum Gasteiger partial charge on any atom is 0.264 e. The summed E-state index contributed by atoms with van der Waals surface area (Å²) in [5, 5.41) is 7.46. The summed E-state index contributed by atoms with van der Waals surface area (Å²) in [6.07, 6.45) is 0. The molecule has 0 unspecified atom stereocenters. The topological polar surface area (TPSA) is 104 Å². The normalized spacial score (nSPS) is 11.5. The molecule has 10 heteroatoms. The summed E-state index contributed by atoms with van der Waals surface area (Å²) in [7, 11) is -1.08. The third-order valence-corrected chi connectivity index (χ3v) is 4.97. The predicted molar refractivity (Wildman–Crippen MR) is 87.2 cm³/mol. The fourth-order valence-corrected chi connectivity index (χ4v) is 3.51. The van der Waals surface area contributed by atoms with Crippen molar-refractivity contribution in [3.05, 3.63) is 35.4 Å². The number of hydrogen-bond acceptors (Lipinski definition) is 7. The average molecular weight is 370 g/mol. The van der Waals surface area contributed by atoms with Gasteiger partial charge in [0.2, 0.25) is 0 Å². The molecule has 3 aromatic rings. The molecule has 0 spiro atoms. The van der Waals surface area contributed by atoms with Crippen molar-refractivity contribution in [2.75, 3.05) is 18.9 Å². The Morgan fingerprint density at radius 1 is 1.08 bits per heavy atom. The minimum absolute atomic E-state index is 0.0388. The van der Waals surface area contributed by atoms with Gasteiger partial charge < -0.3 is 9.47 Å².